The molecule has 0 aliphatic heterocycles. The Labute approximate surface area is 157 Å². The Morgan fingerprint density at radius 3 is 2.58 bits per heavy atom. The van der Waals surface area contributed by atoms with Gasteiger partial charge < -0.3 is 10.1 Å². The van der Waals surface area contributed by atoms with Crippen LogP contribution >= 0.6 is 0 Å². The summed E-state index contributed by atoms with van der Waals surface area (Å²) in [6.07, 6.45) is 3.43. The molecule has 1 aromatic rings. The van der Waals surface area contributed by atoms with Crippen molar-refractivity contribution in [1.29, 1.82) is 0 Å². The van der Waals surface area contributed by atoms with Gasteiger partial charge in [-0.3, -0.25) is 14.5 Å². The van der Waals surface area contributed by atoms with E-state index >= 15 is 0 Å². The molecule has 1 saturated carbocycles. The first kappa shape index (κ1) is 20.4. The van der Waals surface area contributed by atoms with Crippen molar-refractivity contribution in [3.05, 3.63) is 35.9 Å². The molecule has 0 saturated heterocycles. The van der Waals surface area contributed by atoms with Crippen molar-refractivity contribution in [2.24, 2.45) is 11.8 Å². The Kier molecular flexibility index (Phi) is 8.10. The Balaban J connectivity index is 1.95. The predicted molar refractivity (Wildman–Crippen MR) is 102 cm³/mol. The highest BCUT2D eigenvalue weighted by Gasteiger charge is 2.28. The van der Waals surface area contributed by atoms with E-state index in [-0.39, 0.29) is 31.0 Å². The number of benzene rings is 1. The fourth-order valence-electron chi connectivity index (χ4n) is 3.64. The molecule has 0 aromatic heterocycles. The Bertz CT molecular complexity index is 576. The first-order chi connectivity index (χ1) is 12.5. The zero-order chi connectivity index (χ0) is 18.9. The molecule has 1 aliphatic carbocycles. The summed E-state index contributed by atoms with van der Waals surface area (Å²) < 4.78 is 5.06. The molecule has 0 bridgehead atoms. The van der Waals surface area contributed by atoms with Gasteiger partial charge in [0.1, 0.15) is 0 Å². The quantitative estimate of drug-likeness (QED) is 0.724. The van der Waals surface area contributed by atoms with E-state index in [1.165, 1.54) is 6.42 Å². The van der Waals surface area contributed by atoms with Crippen LogP contribution < -0.4 is 5.32 Å². The second-order valence-corrected chi connectivity index (χ2v) is 7.38. The third-order valence-corrected chi connectivity index (χ3v) is 5.33. The lowest BCUT2D eigenvalue weighted by molar-refractivity contribution is -0.144. The van der Waals surface area contributed by atoms with E-state index in [0.29, 0.717) is 25.0 Å². The molecule has 0 radical (unpaired) electrons. The Morgan fingerprint density at radius 2 is 1.88 bits per heavy atom. The molecule has 5 heteroatoms. The molecule has 0 heterocycles. The van der Waals surface area contributed by atoms with E-state index in [9.17, 15) is 9.59 Å². The van der Waals surface area contributed by atoms with Crippen molar-refractivity contribution in [2.45, 2.75) is 52.6 Å². The average molecular weight is 360 g/mol. The van der Waals surface area contributed by atoms with E-state index < -0.39 is 0 Å². The second-order valence-electron chi connectivity index (χ2n) is 7.38. The lowest BCUT2D eigenvalue weighted by Crippen LogP contribution is -2.48. The van der Waals surface area contributed by atoms with Gasteiger partial charge in [0.15, 0.2) is 0 Å². The smallest absolute Gasteiger partial charge is 0.320 e. The Hall–Kier alpha value is -1.88. The fourth-order valence-corrected chi connectivity index (χ4v) is 3.64. The topological polar surface area (TPSA) is 58.6 Å². The number of hydrogen-bond donors (Lipinski definition) is 1. The summed E-state index contributed by atoms with van der Waals surface area (Å²) >= 11 is 0. The summed E-state index contributed by atoms with van der Waals surface area (Å²) in [7, 11) is 0. The fraction of sp³-hybridized carbons (Fsp3) is 0.619. The SMILES string of the molecule is CCOC(=O)CN(CC(=O)NC1CCCC(C)C1C)Cc1ccccc1. The van der Waals surface area contributed by atoms with Crippen LogP contribution in [0.25, 0.3) is 0 Å². The van der Waals surface area contributed by atoms with Gasteiger partial charge in [-0.1, -0.05) is 57.0 Å². The van der Waals surface area contributed by atoms with Crippen LogP contribution in [-0.2, 0) is 20.9 Å². The standard InChI is InChI=1S/C21H32N2O3/c1-4-26-21(25)15-23(13-18-10-6-5-7-11-18)14-20(24)22-19-12-8-9-16(2)17(19)3/h5-7,10-11,16-17,19H,4,8-9,12-15H2,1-3H3,(H,22,24). The molecule has 3 unspecified atom stereocenters. The summed E-state index contributed by atoms with van der Waals surface area (Å²) in [5.41, 5.74) is 1.07. The van der Waals surface area contributed by atoms with E-state index in [1.54, 1.807) is 6.92 Å². The van der Waals surface area contributed by atoms with E-state index in [1.807, 2.05) is 35.2 Å². The molecular formula is C21H32N2O3. The van der Waals surface area contributed by atoms with Crippen molar-refractivity contribution in [1.82, 2.24) is 10.2 Å². The van der Waals surface area contributed by atoms with Crippen LogP contribution in [0.5, 0.6) is 0 Å². The van der Waals surface area contributed by atoms with Crippen molar-refractivity contribution in [2.75, 3.05) is 19.7 Å². The molecule has 0 spiro atoms. The third-order valence-electron chi connectivity index (χ3n) is 5.33. The van der Waals surface area contributed by atoms with Crippen molar-refractivity contribution >= 4 is 11.9 Å². The number of ether oxygens (including phenoxy) is 1. The van der Waals surface area contributed by atoms with Crippen LogP contribution in [0.3, 0.4) is 0 Å². The molecule has 2 rings (SSSR count). The minimum atomic E-state index is -0.295. The molecule has 5 nitrogen and oxygen atoms in total. The summed E-state index contributed by atoms with van der Waals surface area (Å²) in [6, 6.07) is 10.1. The number of esters is 1. The van der Waals surface area contributed by atoms with Gasteiger partial charge in [0.05, 0.1) is 19.7 Å². The average Bonchev–Trinajstić information content (AvgIpc) is 2.60. The van der Waals surface area contributed by atoms with Crippen molar-refractivity contribution in [3.8, 4) is 0 Å². The highest BCUT2D eigenvalue weighted by Crippen LogP contribution is 2.29. The molecule has 144 valence electrons. The molecular weight excluding hydrogens is 328 g/mol. The highest BCUT2D eigenvalue weighted by molar-refractivity contribution is 5.79. The maximum absolute atomic E-state index is 12.6. The summed E-state index contributed by atoms with van der Waals surface area (Å²) in [4.78, 5) is 26.4. The third kappa shape index (κ3) is 6.45. The van der Waals surface area contributed by atoms with Gasteiger partial charge in [-0.2, -0.15) is 0 Å². The highest BCUT2D eigenvalue weighted by atomic mass is 16.5. The lowest BCUT2D eigenvalue weighted by Gasteiger charge is -2.35. The molecule has 1 N–H and O–H groups in total. The first-order valence-electron chi connectivity index (χ1n) is 9.70. The number of carbonyl (C=O) groups is 2. The van der Waals surface area contributed by atoms with Crippen molar-refractivity contribution in [3.63, 3.8) is 0 Å². The molecule has 1 fully saturated rings. The second kappa shape index (κ2) is 10.3. The predicted octanol–water partition coefficient (Wildman–Crippen LogP) is 2.99. The maximum Gasteiger partial charge on any atom is 0.320 e. The molecule has 26 heavy (non-hydrogen) atoms. The number of amides is 1. The van der Waals surface area contributed by atoms with Gasteiger partial charge in [0.2, 0.25) is 5.91 Å². The lowest BCUT2D eigenvalue weighted by atomic mass is 9.78. The maximum atomic E-state index is 12.6. The van der Waals surface area contributed by atoms with E-state index in [2.05, 4.69) is 19.2 Å². The summed E-state index contributed by atoms with van der Waals surface area (Å²) in [6.45, 7) is 7.47. The van der Waals surface area contributed by atoms with E-state index in [4.69, 9.17) is 4.74 Å². The van der Waals surface area contributed by atoms with Crippen molar-refractivity contribution < 1.29 is 14.3 Å². The summed E-state index contributed by atoms with van der Waals surface area (Å²) in [5.74, 6) is 0.807. The molecule has 1 aliphatic rings. The van der Waals surface area contributed by atoms with Crippen LogP contribution in [-0.4, -0.2) is 42.5 Å². The number of nitrogens with zero attached hydrogens (tertiary/aromatic N) is 1. The number of nitrogens with one attached hydrogen (secondary N) is 1. The van der Waals surface area contributed by atoms with Gasteiger partial charge in [-0.15, -0.1) is 0 Å². The van der Waals surface area contributed by atoms with Crippen LogP contribution in [0, 0.1) is 11.8 Å². The van der Waals surface area contributed by atoms with Crippen LogP contribution in [0.15, 0.2) is 30.3 Å². The zero-order valence-corrected chi connectivity index (χ0v) is 16.2. The Morgan fingerprint density at radius 1 is 1.15 bits per heavy atom. The van der Waals surface area contributed by atoms with Crippen LogP contribution in [0.1, 0.15) is 45.6 Å². The number of hydrogen-bond acceptors (Lipinski definition) is 4. The first-order valence-corrected chi connectivity index (χ1v) is 9.70. The normalized spacial score (nSPS) is 22.8. The van der Waals surface area contributed by atoms with Crippen LogP contribution in [0.2, 0.25) is 0 Å². The minimum absolute atomic E-state index is 0.0174. The van der Waals surface area contributed by atoms with Gasteiger partial charge in [0.25, 0.3) is 0 Å². The monoisotopic (exact) mass is 360 g/mol. The van der Waals surface area contributed by atoms with Gasteiger partial charge in [-0.05, 0) is 30.7 Å². The van der Waals surface area contributed by atoms with Gasteiger partial charge in [-0.25, -0.2) is 0 Å². The number of rotatable bonds is 8. The van der Waals surface area contributed by atoms with Gasteiger partial charge in [0, 0.05) is 12.6 Å². The summed E-state index contributed by atoms with van der Waals surface area (Å²) in [5, 5.41) is 3.19. The van der Waals surface area contributed by atoms with Gasteiger partial charge >= 0.3 is 5.97 Å². The largest absolute Gasteiger partial charge is 0.465 e. The molecule has 1 aromatic carbocycles. The molecule has 3 atom stereocenters. The van der Waals surface area contributed by atoms with Crippen LogP contribution in [0.4, 0.5) is 0 Å². The minimum Gasteiger partial charge on any atom is -0.465 e. The van der Waals surface area contributed by atoms with E-state index in [0.717, 1.165) is 18.4 Å². The number of carbonyl (C=O) groups excluding carboxylic acids is 2. The zero-order valence-electron chi connectivity index (χ0n) is 16.2. The molecule has 1 amide bonds.